The van der Waals surface area contributed by atoms with Crippen LogP contribution in [0.3, 0.4) is 0 Å². The molecule has 4 aromatic carbocycles. The first-order valence-electron chi connectivity index (χ1n) is 30.3. The largest absolute Gasteiger partial charge is 0.480 e. The maximum atomic E-state index is 14.9. The number of aromatic nitrogens is 4. The normalized spacial score (nSPS) is 14.3. The number of carboxylic acids is 1. The summed E-state index contributed by atoms with van der Waals surface area (Å²) in [5.74, 6) is -7.03. The number of aliphatic hydroxyl groups is 1. The highest BCUT2D eigenvalue weighted by atomic mass is 16.4. The van der Waals surface area contributed by atoms with Gasteiger partial charge in [-0.25, -0.2) is 4.79 Å². The van der Waals surface area contributed by atoms with Crippen molar-refractivity contribution in [3.8, 4) is 0 Å². The van der Waals surface area contributed by atoms with Crippen LogP contribution >= 0.6 is 0 Å². The van der Waals surface area contributed by atoms with E-state index in [1.807, 2.05) is 98.8 Å². The number of para-hydroxylation sites is 4. The molecular formula is C65H82N14O10. The third-order valence-electron chi connectivity index (χ3n) is 16.0. The molecule has 0 spiro atoms. The molecule has 24 nitrogen and oxygen atoms in total. The van der Waals surface area contributed by atoms with Gasteiger partial charge in [0.1, 0.15) is 42.3 Å². The van der Waals surface area contributed by atoms with E-state index in [-0.39, 0.29) is 51.0 Å². The van der Waals surface area contributed by atoms with Crippen LogP contribution in [0.5, 0.6) is 0 Å². The third kappa shape index (κ3) is 17.5. The van der Waals surface area contributed by atoms with Gasteiger partial charge in [-0.3, -0.25) is 33.6 Å². The number of carboxylic acid groups (broad SMARTS) is 1. The molecule has 4 heterocycles. The van der Waals surface area contributed by atoms with Crippen LogP contribution in [0.1, 0.15) is 81.0 Å². The van der Waals surface area contributed by atoms with E-state index in [2.05, 4.69) is 57.2 Å². The van der Waals surface area contributed by atoms with Gasteiger partial charge in [0.2, 0.25) is 41.4 Å². The van der Waals surface area contributed by atoms with Crippen molar-refractivity contribution in [3.63, 3.8) is 0 Å². The topological polar surface area (TPSA) is 402 Å². The van der Waals surface area contributed by atoms with Gasteiger partial charge in [0.05, 0.1) is 12.6 Å². The number of amides is 7. The number of rotatable bonds is 34. The molecule has 0 radical (unpaired) electrons. The maximum absolute atomic E-state index is 14.9. The number of benzene rings is 4. The molecule has 0 fully saturated rings. The molecule has 19 N–H and O–H groups in total. The fourth-order valence-electron chi connectivity index (χ4n) is 11.1. The molecule has 0 saturated heterocycles. The Bertz CT molecular complexity index is 3740. The number of nitrogens with one attached hydrogen (secondary N) is 11. The molecular weight excluding hydrogens is 1140 g/mol. The Morgan fingerprint density at radius 3 is 1.09 bits per heavy atom. The van der Waals surface area contributed by atoms with Gasteiger partial charge in [-0.1, -0.05) is 93.1 Å². The lowest BCUT2D eigenvalue weighted by molar-refractivity contribution is -0.142. The van der Waals surface area contributed by atoms with Crippen molar-refractivity contribution < 1.29 is 48.6 Å². The summed E-state index contributed by atoms with van der Waals surface area (Å²) < 4.78 is 0. The monoisotopic (exact) mass is 1220 g/mol. The van der Waals surface area contributed by atoms with E-state index in [0.29, 0.717) is 60.9 Å². The first-order valence-corrected chi connectivity index (χ1v) is 30.3. The number of unbranched alkanes of at least 4 members (excludes halogenated alkanes) is 2. The number of fused-ring (bicyclic) bond motifs is 4. The van der Waals surface area contributed by atoms with Crippen LogP contribution in [0.2, 0.25) is 0 Å². The third-order valence-corrected chi connectivity index (χ3v) is 16.0. The second-order valence-corrected chi connectivity index (χ2v) is 23.0. The number of aliphatic carboxylic acids is 1. The van der Waals surface area contributed by atoms with Crippen LogP contribution in [0.4, 0.5) is 0 Å². The minimum atomic E-state index is -1.73. The van der Waals surface area contributed by atoms with Crippen molar-refractivity contribution in [2.24, 2.45) is 23.1 Å². The molecule has 89 heavy (non-hydrogen) atoms. The summed E-state index contributed by atoms with van der Waals surface area (Å²) in [6, 6.07) is 18.6. The fourth-order valence-corrected chi connectivity index (χ4v) is 11.1. The first kappa shape index (κ1) is 65.6. The molecule has 8 rings (SSSR count). The Balaban J connectivity index is 1.03. The molecule has 0 aliphatic carbocycles. The van der Waals surface area contributed by atoms with Crippen molar-refractivity contribution in [1.29, 1.82) is 0 Å². The lowest BCUT2D eigenvalue weighted by Crippen LogP contribution is -2.61. The molecule has 0 aliphatic heterocycles. The summed E-state index contributed by atoms with van der Waals surface area (Å²) in [5.41, 5.74) is 23.5. The zero-order chi connectivity index (χ0) is 63.6. The van der Waals surface area contributed by atoms with E-state index in [9.17, 15) is 48.6 Å². The van der Waals surface area contributed by atoms with Crippen LogP contribution < -0.4 is 54.4 Å². The highest BCUT2D eigenvalue weighted by molar-refractivity contribution is 5.99. The average Bonchev–Trinajstić information content (AvgIpc) is 2.72. The predicted octanol–water partition coefficient (Wildman–Crippen LogP) is 2.98. The van der Waals surface area contributed by atoms with Gasteiger partial charge in [-0.05, 0) is 104 Å². The van der Waals surface area contributed by atoms with Gasteiger partial charge in [0.25, 0.3) is 0 Å². The SMILES string of the molecule is CC(C)C[C@H](NC(=O)[C@@H](Cc1c[nH]c2ccccc12)NC(=O)[C@H](CO)NC(=O)[C@@H](Cc1c[nH]c2ccccc12)NC(=O)[C@H](CCCCN)NC(=O)[C@@H](Cc1c[nH]c2ccccc12)NC(=O)[C@@H](N)CCCCN)C(=O)N[C@H](Cc1c[nH]c2ccccc12)C(=O)O. The Morgan fingerprint density at radius 1 is 0.404 bits per heavy atom. The van der Waals surface area contributed by atoms with E-state index in [4.69, 9.17) is 17.2 Å². The Labute approximate surface area is 514 Å². The Hall–Kier alpha value is -9.36. The van der Waals surface area contributed by atoms with Crippen LogP contribution in [-0.4, -0.2) is 145 Å². The Kier molecular flexibility index (Phi) is 23.2. The number of nitrogens with two attached hydrogens (primary N) is 3. The van der Waals surface area contributed by atoms with Gasteiger partial charge in [0, 0.05) is 94.1 Å². The summed E-state index contributed by atoms with van der Waals surface area (Å²) >= 11 is 0. The fraction of sp³-hybridized carbons (Fsp3) is 0.385. The minimum Gasteiger partial charge on any atom is -0.480 e. The van der Waals surface area contributed by atoms with E-state index < -0.39 is 102 Å². The molecule has 472 valence electrons. The van der Waals surface area contributed by atoms with Gasteiger partial charge >= 0.3 is 5.97 Å². The number of H-pyrrole nitrogens is 4. The lowest BCUT2D eigenvalue weighted by atomic mass is 9.99. The van der Waals surface area contributed by atoms with Crippen molar-refractivity contribution in [2.45, 2.75) is 133 Å². The van der Waals surface area contributed by atoms with Gasteiger partial charge in [-0.2, -0.15) is 0 Å². The van der Waals surface area contributed by atoms with Crippen molar-refractivity contribution in [1.82, 2.24) is 57.2 Å². The zero-order valence-corrected chi connectivity index (χ0v) is 50.0. The summed E-state index contributed by atoms with van der Waals surface area (Å²) in [7, 11) is 0. The molecule has 0 saturated carbocycles. The number of aliphatic hydroxyl groups excluding tert-OH is 1. The summed E-state index contributed by atoms with van der Waals surface area (Å²) in [6.45, 7) is 3.37. The van der Waals surface area contributed by atoms with Gasteiger partial charge in [0.15, 0.2) is 0 Å². The molecule has 0 bridgehead atoms. The number of hydrogen-bond acceptors (Lipinski definition) is 12. The van der Waals surface area contributed by atoms with Crippen molar-refractivity contribution >= 4 is 90.9 Å². The molecule has 7 amide bonds. The summed E-state index contributed by atoms with van der Waals surface area (Å²) in [6.07, 6.45) is 8.97. The first-order chi connectivity index (χ1) is 42.9. The molecule has 4 aromatic heterocycles. The molecule has 0 aliphatic rings. The van der Waals surface area contributed by atoms with Crippen LogP contribution in [0.15, 0.2) is 122 Å². The van der Waals surface area contributed by atoms with E-state index in [1.54, 1.807) is 36.9 Å². The van der Waals surface area contributed by atoms with Crippen LogP contribution in [-0.2, 0) is 64.0 Å². The molecule has 0 unspecified atom stereocenters. The van der Waals surface area contributed by atoms with Gasteiger partial charge < -0.3 is 84.6 Å². The number of aromatic amines is 4. The zero-order valence-electron chi connectivity index (χ0n) is 50.0. The van der Waals surface area contributed by atoms with E-state index in [0.717, 1.165) is 43.6 Å². The van der Waals surface area contributed by atoms with E-state index in [1.165, 1.54) is 0 Å². The smallest absolute Gasteiger partial charge is 0.326 e. The second-order valence-electron chi connectivity index (χ2n) is 23.0. The quantitative estimate of drug-likeness (QED) is 0.0258. The number of carbonyl (C=O) groups excluding carboxylic acids is 7. The van der Waals surface area contributed by atoms with Crippen LogP contribution in [0, 0.1) is 5.92 Å². The lowest BCUT2D eigenvalue weighted by Gasteiger charge is -2.28. The summed E-state index contributed by atoms with van der Waals surface area (Å²) in [5, 5.41) is 43.5. The Morgan fingerprint density at radius 2 is 0.708 bits per heavy atom. The highest BCUT2D eigenvalue weighted by Crippen LogP contribution is 2.24. The average molecular weight is 1220 g/mol. The van der Waals surface area contributed by atoms with Crippen molar-refractivity contribution in [3.05, 3.63) is 144 Å². The van der Waals surface area contributed by atoms with Crippen LogP contribution in [0.25, 0.3) is 43.6 Å². The standard InChI is InChI=1S/C65H82N14O10/c1-37(2)27-52(60(83)78-56(65(88)89)31-41-35-72-50-23-10-6-18-45(41)50)75-62(85)54(29-39-33-70-48-21-8-4-16-43(39)48)77-64(87)57(36-80)79-63(86)55(30-40-34-71-49-22-9-5-17-44(40)49)76-59(82)51(24-12-14-26-67)73-61(84)53(74-58(81)46(68)19-11-13-25-66)28-38-32-69-47-20-7-3-15-42(38)47/h3-10,15-18,20-23,32-35,37,46,51-57,69-72,80H,11-14,19,24-31,36,66-68H2,1-2H3,(H,73,84)(H,74,81)(H,75,85)(H,76,82)(H,77,87)(H,78,83)(H,79,86)(H,88,89)/t46-,51-,52-,53+,54+,55+,56+,57-/m0/s1. The van der Waals surface area contributed by atoms with Gasteiger partial charge in [-0.15, -0.1) is 0 Å². The predicted molar refractivity (Wildman–Crippen MR) is 339 cm³/mol. The van der Waals surface area contributed by atoms with E-state index >= 15 is 0 Å². The molecule has 24 heteroatoms. The second kappa shape index (κ2) is 31.5. The van der Waals surface area contributed by atoms with Crippen molar-refractivity contribution in [2.75, 3.05) is 19.7 Å². The minimum absolute atomic E-state index is 0.0168. The highest BCUT2D eigenvalue weighted by Gasteiger charge is 2.36. The maximum Gasteiger partial charge on any atom is 0.326 e. The molecule has 8 aromatic rings. The number of hydrogen-bond donors (Lipinski definition) is 16. The molecule has 8 atom stereocenters. The number of carbonyl (C=O) groups is 8. The summed E-state index contributed by atoms with van der Waals surface area (Å²) in [4.78, 5) is 127.